The van der Waals surface area contributed by atoms with Crippen molar-refractivity contribution >= 4 is 34.4 Å². The first-order valence-corrected chi connectivity index (χ1v) is 8.69. The summed E-state index contributed by atoms with van der Waals surface area (Å²) >= 11 is 6.17. The van der Waals surface area contributed by atoms with Gasteiger partial charge in [0.15, 0.2) is 5.75 Å². The normalized spacial score (nSPS) is 12.1. The van der Waals surface area contributed by atoms with Gasteiger partial charge in [-0.3, -0.25) is 0 Å². The van der Waals surface area contributed by atoms with E-state index in [1.807, 2.05) is 44.4 Å². The van der Waals surface area contributed by atoms with Crippen LogP contribution in [-0.4, -0.2) is 41.6 Å². The summed E-state index contributed by atoms with van der Waals surface area (Å²) in [5, 5.41) is 4.85. The molecule has 7 nitrogen and oxygen atoms in total. The zero-order chi connectivity index (χ0) is 19.4. The maximum Gasteiger partial charge on any atom is 0.410 e. The summed E-state index contributed by atoms with van der Waals surface area (Å²) in [4.78, 5) is 21.8. The molecule has 0 saturated heterocycles. The molecule has 8 heteroatoms. The number of para-hydroxylation sites is 1. The number of halogens is 1. The van der Waals surface area contributed by atoms with Crippen LogP contribution in [-0.2, 0) is 0 Å². The van der Waals surface area contributed by atoms with Crippen molar-refractivity contribution < 1.29 is 9.53 Å². The van der Waals surface area contributed by atoms with E-state index in [0.717, 1.165) is 17.5 Å². The van der Waals surface area contributed by atoms with Crippen LogP contribution in [0, 0.1) is 0 Å². The van der Waals surface area contributed by atoms with Crippen LogP contribution >= 0.6 is 11.6 Å². The van der Waals surface area contributed by atoms with Crippen LogP contribution in [0.1, 0.15) is 11.6 Å². The molecule has 0 aliphatic carbocycles. The molecule has 0 spiro atoms. The molecule has 0 aliphatic heterocycles. The summed E-state index contributed by atoms with van der Waals surface area (Å²) in [5.74, 6) is 0.916. The van der Waals surface area contributed by atoms with Crippen LogP contribution in [0.3, 0.4) is 0 Å². The second-order valence-electron chi connectivity index (χ2n) is 6.31. The molecule has 1 unspecified atom stereocenters. The van der Waals surface area contributed by atoms with Crippen molar-refractivity contribution in [2.75, 3.05) is 26.0 Å². The van der Waals surface area contributed by atoms with E-state index in [0.29, 0.717) is 16.4 Å². The number of nitrogens with two attached hydrogens (primary N) is 1. The van der Waals surface area contributed by atoms with Crippen molar-refractivity contribution in [3.63, 3.8) is 0 Å². The second-order valence-corrected chi connectivity index (χ2v) is 6.75. The molecule has 3 aromatic rings. The number of ether oxygens (including phenoxy) is 1. The molecule has 2 aromatic carbocycles. The SMILES string of the molecule is CN(C)CC(Nc1ncnc2c(OC(N)=O)cccc12)c1cccc(Cl)c1. The van der Waals surface area contributed by atoms with Crippen LogP contribution < -0.4 is 15.8 Å². The second kappa shape index (κ2) is 8.20. The lowest BCUT2D eigenvalue weighted by atomic mass is 10.1. The van der Waals surface area contributed by atoms with E-state index >= 15 is 0 Å². The van der Waals surface area contributed by atoms with Crippen LogP contribution in [0.4, 0.5) is 10.6 Å². The Morgan fingerprint density at radius 1 is 1.26 bits per heavy atom. The minimum absolute atomic E-state index is 0.0579. The maximum absolute atomic E-state index is 11.1. The van der Waals surface area contributed by atoms with Crippen molar-refractivity contribution in [2.24, 2.45) is 5.73 Å². The summed E-state index contributed by atoms with van der Waals surface area (Å²) in [6, 6.07) is 12.9. The first-order valence-electron chi connectivity index (χ1n) is 8.32. The largest absolute Gasteiger partial charge is 0.410 e. The highest BCUT2D eigenvalue weighted by atomic mass is 35.5. The molecule has 3 N–H and O–H groups in total. The molecule has 27 heavy (non-hydrogen) atoms. The molecule has 3 rings (SSSR count). The third-order valence-corrected chi connectivity index (χ3v) is 4.18. The van der Waals surface area contributed by atoms with Crippen molar-refractivity contribution in [2.45, 2.75) is 6.04 Å². The molecular weight excluding hydrogens is 366 g/mol. The molecule has 0 aliphatic rings. The van der Waals surface area contributed by atoms with Gasteiger partial charge in [0, 0.05) is 17.0 Å². The number of nitrogens with one attached hydrogen (secondary N) is 1. The Labute approximate surface area is 162 Å². The Hall–Kier alpha value is -2.90. The van der Waals surface area contributed by atoms with E-state index in [2.05, 4.69) is 20.2 Å². The highest BCUT2D eigenvalue weighted by Crippen LogP contribution is 2.30. The van der Waals surface area contributed by atoms with Gasteiger partial charge in [-0.1, -0.05) is 29.8 Å². The average molecular weight is 386 g/mol. The lowest BCUT2D eigenvalue weighted by Gasteiger charge is -2.24. The number of carbonyl (C=O) groups is 1. The number of fused-ring (bicyclic) bond motifs is 1. The molecule has 1 aromatic heterocycles. The molecule has 1 heterocycles. The first kappa shape index (κ1) is 18.9. The minimum Gasteiger partial charge on any atom is -0.408 e. The summed E-state index contributed by atoms with van der Waals surface area (Å²) in [5.41, 5.74) is 6.68. The molecule has 1 amide bonds. The van der Waals surface area contributed by atoms with Gasteiger partial charge in [-0.15, -0.1) is 0 Å². The molecule has 140 valence electrons. The summed E-state index contributed by atoms with van der Waals surface area (Å²) in [7, 11) is 3.99. The zero-order valence-corrected chi connectivity index (χ0v) is 15.8. The number of anilines is 1. The maximum atomic E-state index is 11.1. The summed E-state index contributed by atoms with van der Waals surface area (Å²) in [6.45, 7) is 0.726. The number of primary amides is 1. The van der Waals surface area contributed by atoms with Gasteiger partial charge < -0.3 is 20.7 Å². The predicted molar refractivity (Wildman–Crippen MR) is 106 cm³/mol. The third-order valence-electron chi connectivity index (χ3n) is 3.95. The lowest BCUT2D eigenvalue weighted by molar-refractivity contribution is 0.211. The number of likely N-dealkylation sites (N-methyl/N-ethyl adjacent to an activating group) is 1. The highest BCUT2D eigenvalue weighted by Gasteiger charge is 2.17. The summed E-state index contributed by atoms with van der Waals surface area (Å²) in [6.07, 6.45) is 0.531. The van der Waals surface area contributed by atoms with Crippen LogP contribution in [0.5, 0.6) is 5.75 Å². The number of nitrogens with zero attached hydrogens (tertiary/aromatic N) is 3. The van der Waals surface area contributed by atoms with E-state index in [9.17, 15) is 4.79 Å². The molecule has 0 saturated carbocycles. The third kappa shape index (κ3) is 4.64. The Bertz CT molecular complexity index is 964. The van der Waals surface area contributed by atoms with Gasteiger partial charge in [-0.25, -0.2) is 14.8 Å². The molecule has 1 atom stereocenters. The van der Waals surface area contributed by atoms with E-state index in [4.69, 9.17) is 22.1 Å². The van der Waals surface area contributed by atoms with Gasteiger partial charge in [-0.2, -0.15) is 0 Å². The fraction of sp³-hybridized carbons (Fsp3) is 0.211. The monoisotopic (exact) mass is 385 g/mol. The first-order chi connectivity index (χ1) is 12.9. The minimum atomic E-state index is -0.889. The van der Waals surface area contributed by atoms with E-state index in [1.54, 1.807) is 12.1 Å². The van der Waals surface area contributed by atoms with E-state index in [-0.39, 0.29) is 11.8 Å². The molecule has 0 bridgehead atoms. The van der Waals surface area contributed by atoms with Crippen molar-refractivity contribution in [1.82, 2.24) is 14.9 Å². The number of hydrogen-bond acceptors (Lipinski definition) is 6. The number of carbonyl (C=O) groups excluding carboxylic acids is 1. The van der Waals surface area contributed by atoms with Gasteiger partial charge in [0.2, 0.25) is 0 Å². The molecule has 0 radical (unpaired) electrons. The number of amides is 1. The number of rotatable bonds is 6. The number of hydrogen-bond donors (Lipinski definition) is 2. The van der Waals surface area contributed by atoms with Crippen LogP contribution in [0.15, 0.2) is 48.8 Å². The smallest absolute Gasteiger partial charge is 0.408 e. The van der Waals surface area contributed by atoms with Crippen molar-refractivity contribution in [3.05, 3.63) is 59.4 Å². The van der Waals surface area contributed by atoms with Gasteiger partial charge in [0.05, 0.1) is 6.04 Å². The highest BCUT2D eigenvalue weighted by molar-refractivity contribution is 6.30. The fourth-order valence-corrected chi connectivity index (χ4v) is 3.05. The van der Waals surface area contributed by atoms with Gasteiger partial charge in [0.1, 0.15) is 17.7 Å². The topological polar surface area (TPSA) is 93.4 Å². The quantitative estimate of drug-likeness (QED) is 0.675. The Balaban J connectivity index is 2.01. The molecule has 0 fully saturated rings. The van der Waals surface area contributed by atoms with E-state index < -0.39 is 6.09 Å². The number of aromatic nitrogens is 2. The number of benzene rings is 2. The van der Waals surface area contributed by atoms with Crippen molar-refractivity contribution in [3.8, 4) is 5.75 Å². The Morgan fingerprint density at radius 3 is 2.74 bits per heavy atom. The lowest BCUT2D eigenvalue weighted by Crippen LogP contribution is -2.26. The predicted octanol–water partition coefficient (Wildman–Crippen LogP) is 3.46. The molecular formula is C19H20ClN5O2. The van der Waals surface area contributed by atoms with E-state index in [1.165, 1.54) is 6.33 Å². The standard InChI is InChI=1S/C19H20ClN5O2/c1-25(2)10-15(12-5-3-6-13(20)9-12)24-18-14-7-4-8-16(27-19(21)26)17(14)22-11-23-18/h3-9,11,15H,10H2,1-2H3,(H2,21,26)(H,22,23,24). The fourth-order valence-electron chi connectivity index (χ4n) is 2.85. The average Bonchev–Trinajstić information content (AvgIpc) is 2.61. The van der Waals surface area contributed by atoms with Gasteiger partial charge in [-0.05, 0) is 43.9 Å². The summed E-state index contributed by atoms with van der Waals surface area (Å²) < 4.78 is 5.05. The Kier molecular flexibility index (Phi) is 5.73. The van der Waals surface area contributed by atoms with Crippen LogP contribution in [0.2, 0.25) is 5.02 Å². The van der Waals surface area contributed by atoms with Crippen LogP contribution in [0.25, 0.3) is 10.9 Å². The van der Waals surface area contributed by atoms with Gasteiger partial charge in [0.25, 0.3) is 0 Å². The van der Waals surface area contributed by atoms with Crippen molar-refractivity contribution in [1.29, 1.82) is 0 Å². The zero-order valence-electron chi connectivity index (χ0n) is 15.0. The van der Waals surface area contributed by atoms with Gasteiger partial charge >= 0.3 is 6.09 Å². The Morgan fingerprint density at radius 2 is 2.04 bits per heavy atom.